The average Bonchev–Trinajstić information content (AvgIpc) is 2.81. The molecule has 2 aromatic heterocycles. The second-order valence-corrected chi connectivity index (χ2v) is 4.26. The summed E-state index contributed by atoms with van der Waals surface area (Å²) in [7, 11) is 0. The smallest absolute Gasteiger partial charge is 0.179 e. The van der Waals surface area contributed by atoms with Gasteiger partial charge in [0.05, 0.1) is 6.20 Å². The van der Waals surface area contributed by atoms with Gasteiger partial charge in [-0.3, -0.25) is 9.38 Å². The Morgan fingerprint density at radius 3 is 3.00 bits per heavy atom. The van der Waals surface area contributed by atoms with Crippen molar-refractivity contribution in [2.75, 3.05) is 32.7 Å². The summed E-state index contributed by atoms with van der Waals surface area (Å²) in [5.74, 6) is 1.01. The van der Waals surface area contributed by atoms with Crippen LogP contribution in [0.5, 0.6) is 0 Å². The van der Waals surface area contributed by atoms with Crippen molar-refractivity contribution in [2.45, 2.75) is 6.42 Å². The minimum atomic E-state index is 0.822. The second-order valence-electron chi connectivity index (χ2n) is 4.26. The van der Waals surface area contributed by atoms with E-state index in [-0.39, 0.29) is 0 Å². The van der Waals surface area contributed by atoms with Gasteiger partial charge in [-0.15, -0.1) is 10.2 Å². The summed E-state index contributed by atoms with van der Waals surface area (Å²) in [5.41, 5.74) is 0.822. The molecule has 0 atom stereocenters. The second kappa shape index (κ2) is 4.77. The van der Waals surface area contributed by atoms with E-state index in [1.165, 1.54) is 0 Å². The first-order valence-electron chi connectivity index (χ1n) is 6.00. The molecule has 1 N–H and O–H groups in total. The van der Waals surface area contributed by atoms with Crippen molar-refractivity contribution in [3.8, 4) is 0 Å². The summed E-state index contributed by atoms with van der Waals surface area (Å²) < 4.78 is 2.01. The molecule has 0 radical (unpaired) electrons. The lowest BCUT2D eigenvalue weighted by Gasteiger charge is -2.26. The number of nitrogens with one attached hydrogen (secondary N) is 1. The van der Waals surface area contributed by atoms with Crippen molar-refractivity contribution < 1.29 is 0 Å². The molecule has 17 heavy (non-hydrogen) atoms. The molecule has 0 unspecified atom stereocenters. The quantitative estimate of drug-likeness (QED) is 0.778. The number of hydrogen-bond donors (Lipinski definition) is 1. The third kappa shape index (κ3) is 2.27. The fourth-order valence-corrected chi connectivity index (χ4v) is 2.17. The molecule has 0 amide bonds. The van der Waals surface area contributed by atoms with E-state index in [2.05, 4.69) is 25.4 Å². The topological polar surface area (TPSA) is 58.4 Å². The monoisotopic (exact) mass is 232 g/mol. The van der Waals surface area contributed by atoms with Gasteiger partial charge in [0.2, 0.25) is 0 Å². The lowest BCUT2D eigenvalue weighted by Crippen LogP contribution is -2.44. The Balaban J connectivity index is 1.68. The van der Waals surface area contributed by atoms with Crippen molar-refractivity contribution in [1.29, 1.82) is 0 Å². The van der Waals surface area contributed by atoms with Gasteiger partial charge in [0.1, 0.15) is 5.82 Å². The van der Waals surface area contributed by atoms with Crippen molar-refractivity contribution >= 4 is 5.65 Å². The van der Waals surface area contributed by atoms with E-state index >= 15 is 0 Å². The molecule has 0 aromatic carbocycles. The molecule has 6 nitrogen and oxygen atoms in total. The van der Waals surface area contributed by atoms with Crippen LogP contribution in [0.4, 0.5) is 0 Å². The molecule has 1 fully saturated rings. The Hall–Kier alpha value is -1.53. The standard InChI is InChI=1S/C11H16N6/c1(5-16-6-2-12-3-7-16)10-14-15-11-9-13-4-8-17(10)11/h4,8-9,12H,1-3,5-7H2. The molecule has 3 heterocycles. The lowest BCUT2D eigenvalue weighted by molar-refractivity contribution is 0.242. The molecule has 90 valence electrons. The maximum Gasteiger partial charge on any atom is 0.179 e. The summed E-state index contributed by atoms with van der Waals surface area (Å²) in [4.78, 5) is 6.49. The van der Waals surface area contributed by atoms with E-state index in [0.29, 0.717) is 0 Å². The van der Waals surface area contributed by atoms with Crippen LogP contribution >= 0.6 is 0 Å². The van der Waals surface area contributed by atoms with Crippen LogP contribution in [0, 0.1) is 0 Å². The predicted octanol–water partition coefficient (Wildman–Crippen LogP) is -0.428. The van der Waals surface area contributed by atoms with E-state index in [0.717, 1.165) is 50.6 Å². The van der Waals surface area contributed by atoms with E-state index in [1.54, 1.807) is 12.4 Å². The number of piperazine rings is 1. The molecule has 2 aromatic rings. The minimum absolute atomic E-state index is 0.822. The van der Waals surface area contributed by atoms with Gasteiger partial charge in [-0.05, 0) is 0 Å². The van der Waals surface area contributed by atoms with Gasteiger partial charge in [-0.25, -0.2) is 0 Å². The maximum atomic E-state index is 4.21. The Labute approximate surface area is 99.7 Å². The SMILES string of the molecule is c1cn2c(CCN3CCNCC3)nnc2cn1. The van der Waals surface area contributed by atoms with Crippen LogP contribution in [0.15, 0.2) is 18.6 Å². The Morgan fingerprint density at radius 2 is 2.12 bits per heavy atom. The van der Waals surface area contributed by atoms with E-state index in [1.807, 2.05) is 10.6 Å². The normalized spacial score (nSPS) is 17.6. The van der Waals surface area contributed by atoms with Crippen LogP contribution in [0.25, 0.3) is 5.65 Å². The molecule has 0 spiro atoms. The molecule has 1 saturated heterocycles. The highest BCUT2D eigenvalue weighted by Gasteiger charge is 2.11. The molecular formula is C11H16N6. The zero-order valence-corrected chi connectivity index (χ0v) is 9.71. The summed E-state index contributed by atoms with van der Waals surface area (Å²) in [5, 5.41) is 11.7. The number of aromatic nitrogens is 4. The molecule has 3 rings (SSSR count). The van der Waals surface area contributed by atoms with Gasteiger partial charge >= 0.3 is 0 Å². The molecule has 0 saturated carbocycles. The highest BCUT2D eigenvalue weighted by Crippen LogP contribution is 2.03. The van der Waals surface area contributed by atoms with Gasteiger partial charge in [0.25, 0.3) is 0 Å². The number of hydrogen-bond acceptors (Lipinski definition) is 5. The van der Waals surface area contributed by atoms with Crippen molar-refractivity contribution in [2.24, 2.45) is 0 Å². The van der Waals surface area contributed by atoms with E-state index in [4.69, 9.17) is 0 Å². The fraction of sp³-hybridized carbons (Fsp3) is 0.545. The van der Waals surface area contributed by atoms with Crippen LogP contribution in [-0.2, 0) is 6.42 Å². The Kier molecular flexibility index (Phi) is 2.98. The third-order valence-electron chi connectivity index (χ3n) is 3.15. The summed E-state index contributed by atoms with van der Waals surface area (Å²) >= 11 is 0. The number of rotatable bonds is 3. The van der Waals surface area contributed by atoms with Gasteiger partial charge in [-0.1, -0.05) is 0 Å². The van der Waals surface area contributed by atoms with Crippen LogP contribution in [-0.4, -0.2) is 57.2 Å². The first kappa shape index (κ1) is 10.6. The van der Waals surface area contributed by atoms with Crippen LogP contribution < -0.4 is 5.32 Å². The highest BCUT2D eigenvalue weighted by molar-refractivity contribution is 5.33. The lowest BCUT2D eigenvalue weighted by atomic mass is 10.3. The first-order valence-corrected chi connectivity index (χ1v) is 6.00. The summed E-state index contributed by atoms with van der Waals surface area (Å²) in [6.07, 6.45) is 6.36. The molecule has 1 aliphatic heterocycles. The summed E-state index contributed by atoms with van der Waals surface area (Å²) in [6.45, 7) is 5.47. The van der Waals surface area contributed by atoms with Crippen molar-refractivity contribution in [3.05, 3.63) is 24.4 Å². The van der Waals surface area contributed by atoms with Crippen LogP contribution in [0.1, 0.15) is 5.82 Å². The average molecular weight is 232 g/mol. The van der Waals surface area contributed by atoms with E-state index in [9.17, 15) is 0 Å². The summed E-state index contributed by atoms with van der Waals surface area (Å²) in [6, 6.07) is 0. The fourth-order valence-electron chi connectivity index (χ4n) is 2.17. The molecule has 0 aliphatic carbocycles. The van der Waals surface area contributed by atoms with Crippen molar-refractivity contribution in [1.82, 2.24) is 29.8 Å². The third-order valence-corrected chi connectivity index (χ3v) is 3.15. The van der Waals surface area contributed by atoms with Gasteiger partial charge in [-0.2, -0.15) is 0 Å². The largest absolute Gasteiger partial charge is 0.314 e. The molecule has 6 heteroatoms. The number of nitrogens with zero attached hydrogens (tertiary/aromatic N) is 5. The zero-order valence-electron chi connectivity index (χ0n) is 9.71. The number of fused-ring (bicyclic) bond motifs is 1. The Morgan fingerprint density at radius 1 is 1.24 bits per heavy atom. The maximum absolute atomic E-state index is 4.21. The highest BCUT2D eigenvalue weighted by atomic mass is 15.3. The van der Waals surface area contributed by atoms with E-state index < -0.39 is 0 Å². The zero-order chi connectivity index (χ0) is 11.5. The van der Waals surface area contributed by atoms with Gasteiger partial charge < -0.3 is 10.2 Å². The molecular weight excluding hydrogens is 216 g/mol. The van der Waals surface area contributed by atoms with Gasteiger partial charge in [0.15, 0.2) is 5.65 Å². The predicted molar refractivity (Wildman–Crippen MR) is 63.8 cm³/mol. The Bertz CT molecular complexity index is 487. The molecule has 0 bridgehead atoms. The van der Waals surface area contributed by atoms with Gasteiger partial charge in [0, 0.05) is 51.5 Å². The van der Waals surface area contributed by atoms with Crippen molar-refractivity contribution in [3.63, 3.8) is 0 Å². The first-order chi connectivity index (χ1) is 8.43. The molecule has 1 aliphatic rings. The minimum Gasteiger partial charge on any atom is -0.314 e. The van der Waals surface area contributed by atoms with Crippen LogP contribution in [0.3, 0.4) is 0 Å². The van der Waals surface area contributed by atoms with Crippen LogP contribution in [0.2, 0.25) is 0 Å².